The maximum Gasteiger partial charge on any atom is 0.270 e. The number of nitriles is 1. The molecule has 59 heavy (non-hydrogen) atoms. The summed E-state index contributed by atoms with van der Waals surface area (Å²) >= 11 is 12.1. The van der Waals surface area contributed by atoms with E-state index >= 15 is 0 Å². The fourth-order valence-corrected chi connectivity index (χ4v) is 8.00. The van der Waals surface area contributed by atoms with Gasteiger partial charge in [-0.25, -0.2) is 0 Å². The highest BCUT2D eigenvalue weighted by Crippen LogP contribution is 2.24. The van der Waals surface area contributed by atoms with Crippen LogP contribution in [0.3, 0.4) is 0 Å². The fraction of sp³-hybridized carbons (Fsp3) is 0.191. The van der Waals surface area contributed by atoms with Crippen LogP contribution in [0.25, 0.3) is 32.9 Å². The lowest BCUT2D eigenvalue weighted by Crippen LogP contribution is -2.50. The van der Waals surface area contributed by atoms with Crippen molar-refractivity contribution in [3.05, 3.63) is 166 Å². The minimum absolute atomic E-state index is 0.0537. The van der Waals surface area contributed by atoms with Crippen molar-refractivity contribution in [3.63, 3.8) is 0 Å². The van der Waals surface area contributed by atoms with Gasteiger partial charge in [0.05, 0.1) is 11.6 Å². The lowest BCUT2D eigenvalue weighted by atomic mass is 10.0. The smallest absolute Gasteiger partial charge is 0.270 e. The summed E-state index contributed by atoms with van der Waals surface area (Å²) in [7, 11) is 0. The Morgan fingerprint density at radius 1 is 0.542 bits per heavy atom. The zero-order chi connectivity index (χ0) is 40.9. The standard InChI is InChI=1S/C26H24ClN3O.C21H17ClN4O2/c27-23-9-10-24-22(16-23)17-25(28-24)26(31)30-13-11-29(12-14-30)18-19-5-4-8-21(15-19)20-6-2-1-3-7-20;22-17-4-5-18-16(11-17)12-19(24-18)21(28)26-8-6-25(7-9-26)20(27)15-3-1-2-14(10-15)13-23/h1-10,15-17,28H,11-14,18H2;1-5,10-12,24H,6-9H2. The first-order chi connectivity index (χ1) is 28.7. The van der Waals surface area contributed by atoms with Gasteiger partial charge in [0, 0.05) is 96.3 Å². The summed E-state index contributed by atoms with van der Waals surface area (Å²) in [4.78, 5) is 52.6. The number of fused-ring (bicyclic) bond motifs is 2. The van der Waals surface area contributed by atoms with E-state index in [1.807, 2.05) is 53.4 Å². The second kappa shape index (κ2) is 17.6. The number of carbonyl (C=O) groups excluding carboxylic acids is 3. The Labute approximate surface area is 352 Å². The van der Waals surface area contributed by atoms with Gasteiger partial charge in [-0.3, -0.25) is 19.3 Å². The molecule has 2 N–H and O–H groups in total. The summed E-state index contributed by atoms with van der Waals surface area (Å²) in [6.45, 7) is 5.91. The Bertz CT molecular complexity index is 2690. The molecule has 0 aliphatic carbocycles. The summed E-state index contributed by atoms with van der Waals surface area (Å²) < 4.78 is 0. The number of hydrogen-bond acceptors (Lipinski definition) is 5. The first kappa shape index (κ1) is 39.4. The molecule has 2 aliphatic rings. The van der Waals surface area contributed by atoms with Gasteiger partial charge < -0.3 is 24.7 Å². The molecule has 5 aromatic carbocycles. The highest BCUT2D eigenvalue weighted by Gasteiger charge is 2.27. The summed E-state index contributed by atoms with van der Waals surface area (Å²) in [6.07, 6.45) is 0. The summed E-state index contributed by atoms with van der Waals surface area (Å²) in [5, 5.41) is 12.2. The van der Waals surface area contributed by atoms with Gasteiger partial charge in [-0.2, -0.15) is 5.26 Å². The molecule has 0 radical (unpaired) electrons. The average Bonchev–Trinajstić information content (AvgIpc) is 3.91. The van der Waals surface area contributed by atoms with E-state index in [9.17, 15) is 14.4 Å². The van der Waals surface area contributed by atoms with Gasteiger partial charge in [0.1, 0.15) is 11.4 Å². The van der Waals surface area contributed by atoms with E-state index in [0.29, 0.717) is 58.7 Å². The second-order valence-corrected chi connectivity index (χ2v) is 15.6. The predicted molar refractivity (Wildman–Crippen MR) is 233 cm³/mol. The zero-order valence-electron chi connectivity index (χ0n) is 32.2. The highest BCUT2D eigenvalue weighted by molar-refractivity contribution is 6.31. The van der Waals surface area contributed by atoms with Crippen LogP contribution in [0.5, 0.6) is 0 Å². The number of nitrogens with zero attached hydrogens (tertiary/aromatic N) is 5. The normalized spacial score (nSPS) is 14.5. The van der Waals surface area contributed by atoms with Crippen LogP contribution in [0, 0.1) is 11.3 Å². The van der Waals surface area contributed by atoms with Gasteiger partial charge in [0.15, 0.2) is 0 Å². The van der Waals surface area contributed by atoms with E-state index in [4.69, 9.17) is 28.5 Å². The Morgan fingerprint density at radius 2 is 1.07 bits per heavy atom. The maximum atomic E-state index is 13.0. The Kier molecular flexibility index (Phi) is 11.8. The summed E-state index contributed by atoms with van der Waals surface area (Å²) in [6, 6.07) is 42.7. The SMILES string of the molecule is N#Cc1cccc(C(=O)N2CCN(C(=O)c3cc4cc(Cl)ccc4[nH]3)CC2)c1.O=C(c1cc2cc(Cl)ccc2[nH]1)N1CCN(Cc2cccc(-c3ccccc3)c2)CC1. The molecule has 2 fully saturated rings. The number of halogens is 2. The number of amides is 3. The van der Waals surface area contributed by atoms with E-state index < -0.39 is 0 Å². The minimum atomic E-state index is -0.121. The van der Waals surface area contributed by atoms with Crippen molar-refractivity contribution in [2.45, 2.75) is 6.54 Å². The second-order valence-electron chi connectivity index (χ2n) is 14.7. The summed E-state index contributed by atoms with van der Waals surface area (Å²) in [5.41, 5.74) is 7.66. The molecule has 296 valence electrons. The number of hydrogen-bond donors (Lipinski definition) is 2. The molecule has 4 heterocycles. The molecule has 7 aromatic rings. The van der Waals surface area contributed by atoms with E-state index in [1.54, 1.807) is 46.2 Å². The van der Waals surface area contributed by atoms with Crippen LogP contribution in [-0.2, 0) is 6.54 Å². The van der Waals surface area contributed by atoms with Gasteiger partial charge in [0.25, 0.3) is 17.7 Å². The van der Waals surface area contributed by atoms with Crippen molar-refractivity contribution in [3.8, 4) is 17.2 Å². The molecule has 0 unspecified atom stereocenters. The molecule has 3 amide bonds. The van der Waals surface area contributed by atoms with E-state index in [-0.39, 0.29) is 17.7 Å². The molecule has 2 saturated heterocycles. The largest absolute Gasteiger partial charge is 0.351 e. The van der Waals surface area contributed by atoms with Crippen LogP contribution in [0.2, 0.25) is 10.0 Å². The molecule has 2 aromatic heterocycles. The number of aromatic amines is 2. The Balaban J connectivity index is 0.000000165. The third-order valence-corrected chi connectivity index (χ3v) is 11.3. The monoisotopic (exact) mass is 821 g/mol. The predicted octanol–water partition coefficient (Wildman–Crippen LogP) is 8.74. The molecule has 0 bridgehead atoms. The summed E-state index contributed by atoms with van der Waals surface area (Å²) in [5.74, 6) is -0.159. The van der Waals surface area contributed by atoms with E-state index in [0.717, 1.165) is 54.5 Å². The van der Waals surface area contributed by atoms with Crippen molar-refractivity contribution in [2.75, 3.05) is 52.4 Å². The van der Waals surface area contributed by atoms with Crippen LogP contribution in [0.15, 0.2) is 127 Å². The number of piperazine rings is 2. The molecule has 0 spiro atoms. The number of rotatable bonds is 6. The number of carbonyl (C=O) groups is 3. The number of aromatic nitrogens is 2. The number of nitrogens with one attached hydrogen (secondary N) is 2. The van der Waals surface area contributed by atoms with Crippen LogP contribution < -0.4 is 0 Å². The quantitative estimate of drug-likeness (QED) is 0.174. The Hall–Kier alpha value is -6.38. The number of benzene rings is 5. The van der Waals surface area contributed by atoms with Crippen LogP contribution in [0.1, 0.15) is 42.5 Å². The number of H-pyrrole nitrogens is 2. The van der Waals surface area contributed by atoms with Crippen molar-refractivity contribution < 1.29 is 14.4 Å². The van der Waals surface area contributed by atoms with Crippen LogP contribution in [0.4, 0.5) is 0 Å². The van der Waals surface area contributed by atoms with Gasteiger partial charge in [-0.15, -0.1) is 0 Å². The minimum Gasteiger partial charge on any atom is -0.351 e. The van der Waals surface area contributed by atoms with Gasteiger partial charge in [-0.05, 0) is 89.5 Å². The molecular formula is C47H41Cl2N7O3. The van der Waals surface area contributed by atoms with Gasteiger partial charge >= 0.3 is 0 Å². The van der Waals surface area contributed by atoms with Crippen molar-refractivity contribution in [2.24, 2.45) is 0 Å². The van der Waals surface area contributed by atoms with Crippen molar-refractivity contribution in [1.29, 1.82) is 5.26 Å². The van der Waals surface area contributed by atoms with E-state index in [1.165, 1.54) is 16.7 Å². The fourth-order valence-electron chi connectivity index (χ4n) is 7.64. The Morgan fingerprint density at radius 3 is 1.64 bits per heavy atom. The maximum absolute atomic E-state index is 13.0. The topological polar surface area (TPSA) is 120 Å². The third kappa shape index (κ3) is 9.19. The first-order valence-electron chi connectivity index (χ1n) is 19.5. The molecule has 0 atom stereocenters. The van der Waals surface area contributed by atoms with Crippen LogP contribution in [-0.4, -0.2) is 99.6 Å². The van der Waals surface area contributed by atoms with Gasteiger partial charge in [0.2, 0.25) is 0 Å². The molecule has 10 nitrogen and oxygen atoms in total. The van der Waals surface area contributed by atoms with Crippen LogP contribution >= 0.6 is 23.2 Å². The van der Waals surface area contributed by atoms with Crippen molar-refractivity contribution >= 4 is 62.7 Å². The average molecular weight is 823 g/mol. The lowest BCUT2D eigenvalue weighted by Gasteiger charge is -2.34. The molecule has 2 aliphatic heterocycles. The lowest BCUT2D eigenvalue weighted by molar-refractivity contribution is 0.0533. The van der Waals surface area contributed by atoms with Crippen molar-refractivity contribution in [1.82, 2.24) is 29.6 Å². The molecule has 12 heteroatoms. The first-order valence-corrected chi connectivity index (χ1v) is 20.3. The molecular weight excluding hydrogens is 781 g/mol. The van der Waals surface area contributed by atoms with E-state index in [2.05, 4.69) is 63.4 Å². The van der Waals surface area contributed by atoms with Gasteiger partial charge in [-0.1, -0.05) is 77.8 Å². The molecule has 9 rings (SSSR count). The highest BCUT2D eigenvalue weighted by atomic mass is 35.5. The third-order valence-electron chi connectivity index (χ3n) is 10.8. The zero-order valence-corrected chi connectivity index (χ0v) is 33.7. The molecule has 0 saturated carbocycles.